The van der Waals surface area contributed by atoms with Gasteiger partial charge in [-0.2, -0.15) is 0 Å². The molecule has 1 fully saturated rings. The van der Waals surface area contributed by atoms with Crippen LogP contribution in [0.1, 0.15) is 31.6 Å². The number of nitrogens with zero attached hydrogens (tertiary/aromatic N) is 1. The molecule has 1 aliphatic rings. The van der Waals surface area contributed by atoms with Gasteiger partial charge in [0.25, 0.3) is 0 Å². The highest BCUT2D eigenvalue weighted by atomic mass is 35.5. The van der Waals surface area contributed by atoms with E-state index in [-0.39, 0.29) is 12.2 Å². The van der Waals surface area contributed by atoms with Crippen LogP contribution in [0.5, 0.6) is 0 Å². The van der Waals surface area contributed by atoms with E-state index in [1.54, 1.807) is 6.20 Å². The summed E-state index contributed by atoms with van der Waals surface area (Å²) in [5.74, 6) is 0. The third-order valence-corrected chi connectivity index (χ3v) is 3.96. The number of aromatic nitrogens is 1. The average molecular weight is 248 g/mol. The molecule has 1 aromatic heterocycles. The first-order valence-electron chi connectivity index (χ1n) is 4.99. The van der Waals surface area contributed by atoms with Gasteiger partial charge in [-0.3, -0.25) is 0 Å². The van der Waals surface area contributed by atoms with Crippen molar-refractivity contribution in [2.45, 2.75) is 44.5 Å². The van der Waals surface area contributed by atoms with Gasteiger partial charge in [0.1, 0.15) is 5.60 Å². The fraction of sp³-hybridized carbons (Fsp3) is 0.700. The SMILES string of the molecule is CC1CC(O)(c2cnc(Cl)s2)CC(C)O1. The average Bonchev–Trinajstić information content (AvgIpc) is 2.49. The van der Waals surface area contributed by atoms with Gasteiger partial charge in [-0.1, -0.05) is 11.6 Å². The first-order valence-corrected chi connectivity index (χ1v) is 6.19. The Morgan fingerprint density at radius 2 is 2.13 bits per heavy atom. The van der Waals surface area contributed by atoms with Gasteiger partial charge >= 0.3 is 0 Å². The molecular formula is C10H14ClNO2S. The molecule has 0 spiro atoms. The highest BCUT2D eigenvalue weighted by Gasteiger charge is 2.39. The Morgan fingerprint density at radius 1 is 1.53 bits per heavy atom. The van der Waals surface area contributed by atoms with Gasteiger partial charge in [-0.05, 0) is 13.8 Å². The van der Waals surface area contributed by atoms with E-state index in [0.717, 1.165) is 4.88 Å². The van der Waals surface area contributed by atoms with Crippen LogP contribution >= 0.6 is 22.9 Å². The normalized spacial score (nSPS) is 36.8. The summed E-state index contributed by atoms with van der Waals surface area (Å²) in [4.78, 5) is 4.81. The summed E-state index contributed by atoms with van der Waals surface area (Å²) < 4.78 is 6.08. The molecule has 2 heterocycles. The summed E-state index contributed by atoms with van der Waals surface area (Å²) in [6.45, 7) is 3.95. The first kappa shape index (κ1) is 11.3. The van der Waals surface area contributed by atoms with Crippen molar-refractivity contribution in [2.24, 2.45) is 0 Å². The molecular weight excluding hydrogens is 234 g/mol. The minimum Gasteiger partial charge on any atom is -0.384 e. The Bertz CT molecular complexity index is 345. The molecule has 0 amide bonds. The van der Waals surface area contributed by atoms with E-state index < -0.39 is 5.60 Å². The van der Waals surface area contributed by atoms with Crippen LogP contribution < -0.4 is 0 Å². The van der Waals surface area contributed by atoms with Crippen LogP contribution in [0.25, 0.3) is 0 Å². The molecule has 1 saturated heterocycles. The van der Waals surface area contributed by atoms with Crippen LogP contribution in [0.3, 0.4) is 0 Å². The van der Waals surface area contributed by atoms with Crippen LogP contribution in [-0.4, -0.2) is 22.3 Å². The van der Waals surface area contributed by atoms with Gasteiger partial charge in [-0.15, -0.1) is 11.3 Å². The Labute approximate surface area is 98.1 Å². The van der Waals surface area contributed by atoms with E-state index in [0.29, 0.717) is 17.3 Å². The third kappa shape index (κ3) is 2.33. The van der Waals surface area contributed by atoms with Crippen LogP contribution in [0.2, 0.25) is 4.47 Å². The van der Waals surface area contributed by atoms with E-state index in [2.05, 4.69) is 4.98 Å². The lowest BCUT2D eigenvalue weighted by atomic mass is 9.87. The number of rotatable bonds is 1. The largest absolute Gasteiger partial charge is 0.384 e. The van der Waals surface area contributed by atoms with E-state index in [9.17, 15) is 5.11 Å². The highest BCUT2D eigenvalue weighted by Crippen LogP contribution is 2.40. The zero-order chi connectivity index (χ0) is 11.1. The van der Waals surface area contributed by atoms with Crippen molar-refractivity contribution in [1.82, 2.24) is 4.98 Å². The zero-order valence-electron chi connectivity index (χ0n) is 8.74. The van der Waals surface area contributed by atoms with Gasteiger partial charge in [-0.25, -0.2) is 4.98 Å². The number of thiazole rings is 1. The van der Waals surface area contributed by atoms with Gasteiger partial charge in [0, 0.05) is 19.0 Å². The fourth-order valence-electron chi connectivity index (χ4n) is 2.20. The van der Waals surface area contributed by atoms with Gasteiger partial charge < -0.3 is 9.84 Å². The number of hydrogen-bond acceptors (Lipinski definition) is 4. The molecule has 0 bridgehead atoms. The Hall–Kier alpha value is -0.160. The van der Waals surface area contributed by atoms with Crippen LogP contribution in [0, 0.1) is 0 Å². The molecule has 2 atom stereocenters. The minimum atomic E-state index is -0.818. The minimum absolute atomic E-state index is 0.0691. The highest BCUT2D eigenvalue weighted by molar-refractivity contribution is 7.15. The lowest BCUT2D eigenvalue weighted by molar-refractivity contribution is -0.134. The molecule has 5 heteroatoms. The molecule has 1 aromatic rings. The van der Waals surface area contributed by atoms with Crippen LogP contribution in [0.4, 0.5) is 0 Å². The van der Waals surface area contributed by atoms with Gasteiger partial charge in [0.2, 0.25) is 0 Å². The molecule has 15 heavy (non-hydrogen) atoms. The monoisotopic (exact) mass is 247 g/mol. The molecule has 0 saturated carbocycles. The molecule has 0 aromatic carbocycles. The van der Waals surface area contributed by atoms with Crippen LogP contribution in [-0.2, 0) is 10.3 Å². The molecule has 1 N–H and O–H groups in total. The maximum atomic E-state index is 10.5. The first-order chi connectivity index (χ1) is 6.99. The summed E-state index contributed by atoms with van der Waals surface area (Å²) in [5.41, 5.74) is -0.818. The van der Waals surface area contributed by atoms with Gasteiger partial charge in [0.05, 0.1) is 17.1 Å². The van der Waals surface area contributed by atoms with E-state index in [4.69, 9.17) is 16.3 Å². The second-order valence-electron chi connectivity index (χ2n) is 4.17. The van der Waals surface area contributed by atoms with E-state index >= 15 is 0 Å². The second kappa shape index (κ2) is 4.01. The van der Waals surface area contributed by atoms with Crippen LogP contribution in [0.15, 0.2) is 6.20 Å². The zero-order valence-corrected chi connectivity index (χ0v) is 10.3. The molecule has 84 valence electrons. The third-order valence-electron chi connectivity index (χ3n) is 2.65. The molecule has 2 rings (SSSR count). The molecule has 2 unspecified atom stereocenters. The predicted octanol–water partition coefficient (Wildman–Crippen LogP) is 2.57. The van der Waals surface area contributed by atoms with Crippen molar-refractivity contribution in [3.8, 4) is 0 Å². The summed E-state index contributed by atoms with van der Waals surface area (Å²) in [6.07, 6.45) is 3.02. The smallest absolute Gasteiger partial charge is 0.183 e. The number of hydrogen-bond donors (Lipinski definition) is 1. The predicted molar refractivity (Wildman–Crippen MR) is 60.3 cm³/mol. The Balaban J connectivity index is 2.25. The van der Waals surface area contributed by atoms with Crippen molar-refractivity contribution < 1.29 is 9.84 Å². The summed E-state index contributed by atoms with van der Waals surface area (Å²) in [7, 11) is 0. The molecule has 0 radical (unpaired) electrons. The molecule has 3 nitrogen and oxygen atoms in total. The molecule has 0 aliphatic carbocycles. The fourth-order valence-corrected chi connectivity index (χ4v) is 3.24. The summed E-state index contributed by atoms with van der Waals surface area (Å²) in [5, 5.41) is 10.5. The number of aliphatic hydroxyl groups is 1. The van der Waals surface area contributed by atoms with Crippen molar-refractivity contribution in [3.05, 3.63) is 15.5 Å². The standard InChI is InChI=1S/C10H14ClNO2S/c1-6-3-10(13,4-7(2)14-6)8-5-12-9(11)15-8/h5-7,13H,3-4H2,1-2H3. The summed E-state index contributed by atoms with van der Waals surface area (Å²) in [6, 6.07) is 0. The van der Waals surface area contributed by atoms with Crippen molar-refractivity contribution in [1.29, 1.82) is 0 Å². The van der Waals surface area contributed by atoms with E-state index in [1.165, 1.54) is 11.3 Å². The molecule has 1 aliphatic heterocycles. The quantitative estimate of drug-likeness (QED) is 0.830. The second-order valence-corrected chi connectivity index (χ2v) is 5.79. The lowest BCUT2D eigenvalue weighted by Crippen LogP contribution is -2.40. The Morgan fingerprint density at radius 3 is 2.60 bits per heavy atom. The number of halogens is 1. The van der Waals surface area contributed by atoms with Crippen molar-refractivity contribution in [3.63, 3.8) is 0 Å². The maximum absolute atomic E-state index is 10.5. The topological polar surface area (TPSA) is 42.4 Å². The van der Waals surface area contributed by atoms with E-state index in [1.807, 2.05) is 13.8 Å². The van der Waals surface area contributed by atoms with Gasteiger partial charge in [0.15, 0.2) is 4.47 Å². The number of ether oxygens (including phenoxy) is 1. The Kier molecular flexibility index (Phi) is 3.03. The summed E-state index contributed by atoms with van der Waals surface area (Å²) >= 11 is 7.13. The maximum Gasteiger partial charge on any atom is 0.183 e. The van der Waals surface area contributed by atoms with Crippen molar-refractivity contribution in [2.75, 3.05) is 0 Å². The lowest BCUT2D eigenvalue weighted by Gasteiger charge is -2.38. The van der Waals surface area contributed by atoms with Crippen molar-refractivity contribution >= 4 is 22.9 Å².